The standard InChI is InChI=1S/C6H11Cl2/c1-5(2)3-6(8)4-7/h4-6H,3H2,1-2H3. The van der Waals surface area contributed by atoms with E-state index in [1.165, 1.54) is 5.88 Å². The average molecular weight is 154 g/mol. The zero-order chi connectivity index (χ0) is 6.57. The number of hydrogen-bond donors (Lipinski definition) is 0. The van der Waals surface area contributed by atoms with Crippen molar-refractivity contribution in [3.8, 4) is 0 Å². The highest BCUT2D eigenvalue weighted by Gasteiger charge is 2.04. The second kappa shape index (κ2) is 4.46. The van der Waals surface area contributed by atoms with Crippen LogP contribution in [-0.2, 0) is 0 Å². The van der Waals surface area contributed by atoms with Crippen LogP contribution >= 0.6 is 23.2 Å². The summed E-state index contributed by atoms with van der Waals surface area (Å²) in [4.78, 5) is 0. The Morgan fingerprint density at radius 1 is 1.50 bits per heavy atom. The summed E-state index contributed by atoms with van der Waals surface area (Å²) in [5, 5.41) is 0.0386. The van der Waals surface area contributed by atoms with Crippen LogP contribution in [0.4, 0.5) is 0 Å². The van der Waals surface area contributed by atoms with Crippen molar-refractivity contribution in [2.45, 2.75) is 25.6 Å². The number of halogens is 2. The lowest BCUT2D eigenvalue weighted by molar-refractivity contribution is 0.594. The normalized spacial score (nSPS) is 14.6. The molecular formula is C6H11Cl2. The number of alkyl halides is 1. The van der Waals surface area contributed by atoms with Gasteiger partial charge in [-0.2, -0.15) is 0 Å². The van der Waals surface area contributed by atoms with E-state index in [0.29, 0.717) is 5.92 Å². The van der Waals surface area contributed by atoms with Crippen molar-refractivity contribution in [1.82, 2.24) is 0 Å². The third-order valence-electron chi connectivity index (χ3n) is 0.833. The Balaban J connectivity index is 3.10. The van der Waals surface area contributed by atoms with Crippen LogP contribution < -0.4 is 0 Å². The lowest BCUT2D eigenvalue weighted by Crippen LogP contribution is -2.00. The number of hydrogen-bond acceptors (Lipinski definition) is 0. The molecule has 1 radical (unpaired) electrons. The van der Waals surface area contributed by atoms with Crippen LogP contribution in [0.15, 0.2) is 0 Å². The fourth-order valence-electron chi connectivity index (χ4n) is 0.502. The quantitative estimate of drug-likeness (QED) is 0.548. The van der Waals surface area contributed by atoms with Crippen molar-refractivity contribution in [1.29, 1.82) is 0 Å². The molecule has 8 heavy (non-hydrogen) atoms. The summed E-state index contributed by atoms with van der Waals surface area (Å²) in [5.41, 5.74) is 0. The Bertz CT molecular complexity index is 52.5. The van der Waals surface area contributed by atoms with Crippen molar-refractivity contribution >= 4 is 23.2 Å². The first-order valence-corrected chi connectivity index (χ1v) is 3.61. The monoisotopic (exact) mass is 153 g/mol. The van der Waals surface area contributed by atoms with Crippen molar-refractivity contribution in [2.75, 3.05) is 0 Å². The maximum absolute atomic E-state index is 5.67. The summed E-state index contributed by atoms with van der Waals surface area (Å²) in [6.07, 6.45) is 0.963. The molecule has 0 aliphatic carbocycles. The van der Waals surface area contributed by atoms with Crippen LogP contribution in [0.1, 0.15) is 20.3 Å². The molecule has 0 saturated carbocycles. The van der Waals surface area contributed by atoms with E-state index in [2.05, 4.69) is 13.8 Å². The molecule has 0 aromatic heterocycles. The van der Waals surface area contributed by atoms with E-state index in [9.17, 15) is 0 Å². The first-order valence-electron chi connectivity index (χ1n) is 2.74. The minimum absolute atomic E-state index is 0.0386. The highest BCUT2D eigenvalue weighted by molar-refractivity contribution is 6.31. The van der Waals surface area contributed by atoms with Crippen LogP contribution in [-0.4, -0.2) is 5.38 Å². The maximum Gasteiger partial charge on any atom is 0.0677 e. The van der Waals surface area contributed by atoms with Crippen molar-refractivity contribution in [3.05, 3.63) is 5.88 Å². The van der Waals surface area contributed by atoms with Gasteiger partial charge >= 0.3 is 0 Å². The fraction of sp³-hybridized carbons (Fsp3) is 0.833. The van der Waals surface area contributed by atoms with E-state index >= 15 is 0 Å². The van der Waals surface area contributed by atoms with E-state index in [4.69, 9.17) is 23.2 Å². The molecule has 2 heteroatoms. The molecule has 0 heterocycles. The van der Waals surface area contributed by atoms with Crippen LogP contribution in [0, 0.1) is 11.8 Å². The van der Waals surface area contributed by atoms with E-state index in [1.807, 2.05) is 0 Å². The summed E-state index contributed by atoms with van der Waals surface area (Å²) in [7, 11) is 0. The molecule has 0 amide bonds. The third kappa shape index (κ3) is 4.73. The van der Waals surface area contributed by atoms with Gasteiger partial charge in [0.2, 0.25) is 0 Å². The van der Waals surface area contributed by atoms with E-state index < -0.39 is 0 Å². The SMILES string of the molecule is CC(C)CC(Cl)[CH]Cl. The van der Waals surface area contributed by atoms with Crippen molar-refractivity contribution < 1.29 is 0 Å². The van der Waals surface area contributed by atoms with Gasteiger partial charge in [-0.05, 0) is 12.3 Å². The second-order valence-electron chi connectivity index (χ2n) is 2.27. The molecule has 0 spiro atoms. The van der Waals surface area contributed by atoms with Gasteiger partial charge in [0.05, 0.1) is 11.3 Å². The van der Waals surface area contributed by atoms with Gasteiger partial charge in [-0.25, -0.2) is 0 Å². The molecule has 0 N–H and O–H groups in total. The first kappa shape index (κ1) is 8.58. The minimum atomic E-state index is 0.0386. The molecule has 1 atom stereocenters. The van der Waals surface area contributed by atoms with E-state index in [0.717, 1.165) is 6.42 Å². The van der Waals surface area contributed by atoms with Crippen LogP contribution in [0.5, 0.6) is 0 Å². The molecule has 0 rings (SSSR count). The zero-order valence-corrected chi connectivity index (χ0v) is 6.71. The van der Waals surface area contributed by atoms with Gasteiger partial charge in [0, 0.05) is 0 Å². The predicted molar refractivity (Wildman–Crippen MR) is 39.2 cm³/mol. The predicted octanol–water partition coefficient (Wildman–Crippen LogP) is 3.04. The molecule has 0 aromatic rings. The molecule has 0 bridgehead atoms. The summed E-state index contributed by atoms with van der Waals surface area (Å²) in [6, 6.07) is 0. The highest BCUT2D eigenvalue weighted by atomic mass is 35.5. The topological polar surface area (TPSA) is 0 Å². The van der Waals surface area contributed by atoms with Gasteiger partial charge in [0.15, 0.2) is 0 Å². The van der Waals surface area contributed by atoms with Gasteiger partial charge in [-0.1, -0.05) is 13.8 Å². The van der Waals surface area contributed by atoms with Gasteiger partial charge in [0.25, 0.3) is 0 Å². The summed E-state index contributed by atoms with van der Waals surface area (Å²) >= 11 is 11.0. The van der Waals surface area contributed by atoms with Crippen LogP contribution in [0.3, 0.4) is 0 Å². The molecule has 0 aromatic carbocycles. The molecule has 1 unspecified atom stereocenters. The molecule has 0 aliphatic heterocycles. The van der Waals surface area contributed by atoms with E-state index in [-0.39, 0.29) is 5.38 Å². The Morgan fingerprint density at radius 2 is 2.00 bits per heavy atom. The smallest absolute Gasteiger partial charge is 0.0677 e. The lowest BCUT2D eigenvalue weighted by Gasteiger charge is -2.06. The maximum atomic E-state index is 5.67. The lowest BCUT2D eigenvalue weighted by atomic mass is 10.1. The second-order valence-corrected chi connectivity index (χ2v) is 3.08. The Hall–Kier alpha value is 0.580. The Labute approximate surface area is 61.2 Å². The van der Waals surface area contributed by atoms with Gasteiger partial charge in [0.1, 0.15) is 0 Å². The zero-order valence-electron chi connectivity index (χ0n) is 5.20. The molecule has 0 nitrogen and oxygen atoms in total. The van der Waals surface area contributed by atoms with Crippen LogP contribution in [0.2, 0.25) is 0 Å². The average Bonchev–Trinajstić information content (AvgIpc) is 1.65. The van der Waals surface area contributed by atoms with Gasteiger partial charge in [-0.15, -0.1) is 23.2 Å². The molecule has 0 aliphatic rings. The summed E-state index contributed by atoms with van der Waals surface area (Å²) in [6.45, 7) is 4.24. The highest BCUT2D eigenvalue weighted by Crippen LogP contribution is 2.14. The van der Waals surface area contributed by atoms with Gasteiger partial charge < -0.3 is 0 Å². The number of rotatable bonds is 3. The fourth-order valence-corrected chi connectivity index (χ4v) is 0.961. The molecule has 49 valence electrons. The van der Waals surface area contributed by atoms with Crippen LogP contribution in [0.25, 0.3) is 0 Å². The third-order valence-corrected chi connectivity index (χ3v) is 1.57. The first-order chi connectivity index (χ1) is 3.66. The largest absolute Gasteiger partial charge is 0.121 e. The Morgan fingerprint density at radius 3 is 2.12 bits per heavy atom. The van der Waals surface area contributed by atoms with Crippen molar-refractivity contribution in [3.63, 3.8) is 0 Å². The van der Waals surface area contributed by atoms with Gasteiger partial charge in [-0.3, -0.25) is 0 Å². The molecular weight excluding hydrogens is 143 g/mol. The molecule has 0 saturated heterocycles. The summed E-state index contributed by atoms with van der Waals surface area (Å²) in [5.74, 6) is 2.13. The minimum Gasteiger partial charge on any atom is -0.121 e. The summed E-state index contributed by atoms with van der Waals surface area (Å²) < 4.78 is 0. The van der Waals surface area contributed by atoms with E-state index in [1.54, 1.807) is 0 Å². The van der Waals surface area contributed by atoms with Crippen molar-refractivity contribution in [2.24, 2.45) is 5.92 Å². The molecule has 0 fully saturated rings. The Kier molecular flexibility index (Phi) is 4.78.